The summed E-state index contributed by atoms with van der Waals surface area (Å²) in [6, 6.07) is 4.32. The van der Waals surface area contributed by atoms with Gasteiger partial charge in [-0.2, -0.15) is 5.10 Å². The third kappa shape index (κ3) is 3.14. The van der Waals surface area contributed by atoms with Crippen molar-refractivity contribution >= 4 is 0 Å². The van der Waals surface area contributed by atoms with Gasteiger partial charge in [-0.15, -0.1) is 0 Å². The van der Waals surface area contributed by atoms with Gasteiger partial charge in [-0.25, -0.2) is 14.1 Å². The molecular formula is C14H19FN4O. The molecule has 108 valence electrons. The Balaban J connectivity index is 2.18. The highest BCUT2D eigenvalue weighted by Crippen LogP contribution is 2.25. The smallest absolute Gasteiger partial charge is 0.165 e. The van der Waals surface area contributed by atoms with E-state index in [0.29, 0.717) is 11.6 Å². The summed E-state index contributed by atoms with van der Waals surface area (Å²) in [5, 5.41) is 4.13. The monoisotopic (exact) mass is 278 g/mol. The van der Waals surface area contributed by atoms with Gasteiger partial charge in [0.15, 0.2) is 5.82 Å². The number of nitrogens with two attached hydrogens (primary N) is 1. The molecule has 0 spiro atoms. The fourth-order valence-electron chi connectivity index (χ4n) is 1.96. The average Bonchev–Trinajstić information content (AvgIpc) is 2.84. The summed E-state index contributed by atoms with van der Waals surface area (Å²) in [5.41, 5.74) is 6.62. The molecule has 1 aromatic heterocycles. The van der Waals surface area contributed by atoms with Gasteiger partial charge < -0.3 is 10.5 Å². The summed E-state index contributed by atoms with van der Waals surface area (Å²) in [5.74, 6) is 0.785. The summed E-state index contributed by atoms with van der Waals surface area (Å²) in [7, 11) is 0. The van der Waals surface area contributed by atoms with Gasteiger partial charge in [0, 0.05) is 23.7 Å². The number of aromatic nitrogens is 3. The van der Waals surface area contributed by atoms with Gasteiger partial charge in [-0.1, -0.05) is 6.07 Å². The van der Waals surface area contributed by atoms with Crippen molar-refractivity contribution in [2.75, 3.05) is 0 Å². The highest BCUT2D eigenvalue weighted by atomic mass is 19.1. The van der Waals surface area contributed by atoms with Gasteiger partial charge in [0.25, 0.3) is 0 Å². The van der Waals surface area contributed by atoms with Crippen molar-refractivity contribution in [2.24, 2.45) is 5.73 Å². The average molecular weight is 278 g/mol. The Kier molecular flexibility index (Phi) is 4.34. The number of benzene rings is 1. The molecule has 2 N–H and O–H groups in total. The molecule has 6 heteroatoms. The summed E-state index contributed by atoms with van der Waals surface area (Å²) in [6.45, 7) is 6.07. The Morgan fingerprint density at radius 1 is 1.35 bits per heavy atom. The van der Waals surface area contributed by atoms with E-state index in [2.05, 4.69) is 10.1 Å². The van der Waals surface area contributed by atoms with Gasteiger partial charge in [-0.3, -0.25) is 0 Å². The van der Waals surface area contributed by atoms with Crippen molar-refractivity contribution in [2.45, 2.75) is 39.5 Å². The van der Waals surface area contributed by atoms with Crippen molar-refractivity contribution in [3.8, 4) is 5.75 Å². The molecule has 5 nitrogen and oxygen atoms in total. The van der Waals surface area contributed by atoms with Gasteiger partial charge in [0.2, 0.25) is 0 Å². The molecule has 2 rings (SSSR count). The van der Waals surface area contributed by atoms with E-state index in [1.54, 1.807) is 10.7 Å². The maximum Gasteiger partial charge on any atom is 0.165 e. The molecule has 1 atom stereocenters. The molecular weight excluding hydrogens is 259 g/mol. The topological polar surface area (TPSA) is 66.0 Å². The molecule has 1 unspecified atom stereocenters. The molecule has 0 aliphatic carbocycles. The number of nitrogens with zero attached hydrogens (tertiary/aromatic N) is 3. The third-order valence-corrected chi connectivity index (χ3v) is 2.96. The van der Waals surface area contributed by atoms with Crippen molar-refractivity contribution < 1.29 is 9.13 Å². The Bertz CT molecular complexity index is 580. The molecule has 0 bridgehead atoms. The second kappa shape index (κ2) is 6.00. The molecule has 20 heavy (non-hydrogen) atoms. The van der Waals surface area contributed by atoms with E-state index < -0.39 is 0 Å². The second-order valence-corrected chi connectivity index (χ2v) is 4.97. The number of hydrogen-bond donors (Lipinski definition) is 1. The Morgan fingerprint density at radius 2 is 2.10 bits per heavy atom. The lowest BCUT2D eigenvalue weighted by molar-refractivity contribution is 0.277. The molecule has 1 heterocycles. The fraction of sp³-hybridized carbons (Fsp3) is 0.429. The van der Waals surface area contributed by atoms with Crippen LogP contribution in [-0.4, -0.2) is 14.8 Å². The first-order valence-corrected chi connectivity index (χ1v) is 6.55. The van der Waals surface area contributed by atoms with Gasteiger partial charge in [-0.05, 0) is 26.8 Å². The molecule has 0 aliphatic heterocycles. The third-order valence-electron chi connectivity index (χ3n) is 2.96. The fourth-order valence-corrected chi connectivity index (χ4v) is 1.96. The van der Waals surface area contributed by atoms with E-state index in [0.717, 1.165) is 5.56 Å². The van der Waals surface area contributed by atoms with E-state index in [1.807, 2.05) is 20.8 Å². The molecule has 0 amide bonds. The largest absolute Gasteiger partial charge is 0.485 e. The lowest BCUT2D eigenvalue weighted by Crippen LogP contribution is -2.12. The first-order chi connectivity index (χ1) is 9.49. The van der Waals surface area contributed by atoms with Crippen molar-refractivity contribution in [3.63, 3.8) is 0 Å². The zero-order chi connectivity index (χ0) is 14.7. The first kappa shape index (κ1) is 14.5. The first-order valence-electron chi connectivity index (χ1n) is 6.55. The zero-order valence-electron chi connectivity index (χ0n) is 11.9. The van der Waals surface area contributed by atoms with Crippen LogP contribution in [-0.2, 0) is 6.61 Å². The van der Waals surface area contributed by atoms with Crippen LogP contribution < -0.4 is 10.5 Å². The van der Waals surface area contributed by atoms with E-state index in [1.165, 1.54) is 18.5 Å². The van der Waals surface area contributed by atoms with E-state index in [9.17, 15) is 4.39 Å². The number of halogens is 1. The van der Waals surface area contributed by atoms with Crippen LogP contribution in [0.4, 0.5) is 4.39 Å². The summed E-state index contributed by atoms with van der Waals surface area (Å²) in [6.07, 6.45) is 1.48. The van der Waals surface area contributed by atoms with E-state index in [4.69, 9.17) is 10.5 Å². The number of hydrogen-bond acceptors (Lipinski definition) is 4. The van der Waals surface area contributed by atoms with Crippen LogP contribution in [0.1, 0.15) is 44.2 Å². The van der Waals surface area contributed by atoms with Crippen molar-refractivity contribution in [3.05, 3.63) is 41.7 Å². The molecule has 0 radical (unpaired) electrons. The second-order valence-electron chi connectivity index (χ2n) is 4.97. The number of ether oxygens (including phenoxy) is 1. The Morgan fingerprint density at radius 3 is 2.75 bits per heavy atom. The molecule has 0 saturated heterocycles. The zero-order valence-corrected chi connectivity index (χ0v) is 11.9. The minimum absolute atomic E-state index is 0.191. The Hall–Kier alpha value is -1.95. The van der Waals surface area contributed by atoms with Crippen LogP contribution in [0.25, 0.3) is 0 Å². The maximum atomic E-state index is 13.3. The summed E-state index contributed by atoms with van der Waals surface area (Å²) < 4.78 is 20.8. The van der Waals surface area contributed by atoms with Crippen LogP contribution in [0.3, 0.4) is 0 Å². The SMILES string of the molecule is CC(N)c1ccc(F)cc1OCc1ncnn1C(C)C. The van der Waals surface area contributed by atoms with Crippen molar-refractivity contribution in [1.29, 1.82) is 0 Å². The molecule has 0 fully saturated rings. The minimum Gasteiger partial charge on any atom is -0.485 e. The molecule has 0 saturated carbocycles. The molecule has 0 aliphatic rings. The lowest BCUT2D eigenvalue weighted by atomic mass is 10.1. The van der Waals surface area contributed by atoms with Crippen LogP contribution >= 0.6 is 0 Å². The molecule has 2 aromatic rings. The van der Waals surface area contributed by atoms with E-state index in [-0.39, 0.29) is 24.5 Å². The Labute approximate surface area is 117 Å². The van der Waals surface area contributed by atoms with E-state index >= 15 is 0 Å². The molecule has 1 aromatic carbocycles. The predicted octanol–water partition coefficient (Wildman–Crippen LogP) is 2.60. The highest BCUT2D eigenvalue weighted by Gasteiger charge is 2.12. The quantitative estimate of drug-likeness (QED) is 0.913. The van der Waals surface area contributed by atoms with Gasteiger partial charge >= 0.3 is 0 Å². The summed E-state index contributed by atoms with van der Waals surface area (Å²) >= 11 is 0. The van der Waals surface area contributed by atoms with Crippen molar-refractivity contribution in [1.82, 2.24) is 14.8 Å². The van der Waals surface area contributed by atoms with Crippen LogP contribution in [0.2, 0.25) is 0 Å². The van der Waals surface area contributed by atoms with Crippen LogP contribution in [0.15, 0.2) is 24.5 Å². The standard InChI is InChI=1S/C14H19FN4O/c1-9(2)19-14(17-8-18-19)7-20-13-6-11(15)4-5-12(13)10(3)16/h4-6,8-10H,7,16H2,1-3H3. The predicted molar refractivity (Wildman–Crippen MR) is 73.7 cm³/mol. The minimum atomic E-state index is -0.352. The van der Waals surface area contributed by atoms with Crippen LogP contribution in [0, 0.1) is 5.82 Å². The normalized spacial score (nSPS) is 12.7. The van der Waals surface area contributed by atoms with Gasteiger partial charge in [0.05, 0.1) is 0 Å². The highest BCUT2D eigenvalue weighted by molar-refractivity contribution is 5.36. The summed E-state index contributed by atoms with van der Waals surface area (Å²) in [4.78, 5) is 4.15. The number of rotatable bonds is 5. The van der Waals surface area contributed by atoms with Gasteiger partial charge in [0.1, 0.15) is 24.5 Å². The maximum absolute atomic E-state index is 13.3. The lowest BCUT2D eigenvalue weighted by Gasteiger charge is -2.15. The van der Waals surface area contributed by atoms with Crippen LogP contribution in [0.5, 0.6) is 5.75 Å².